The molecule has 2 rings (SSSR count). The molecule has 0 aromatic heterocycles. The Morgan fingerprint density at radius 1 is 1.47 bits per heavy atom. The van der Waals surface area contributed by atoms with Gasteiger partial charge in [-0.25, -0.2) is 8.78 Å². The third-order valence-electron chi connectivity index (χ3n) is 3.48. The van der Waals surface area contributed by atoms with E-state index in [1.165, 1.54) is 12.1 Å². The van der Waals surface area contributed by atoms with Gasteiger partial charge in [0.15, 0.2) is 0 Å². The molecule has 1 aliphatic heterocycles. The topological polar surface area (TPSA) is 21.3 Å². The second-order valence-electron chi connectivity index (χ2n) is 4.77. The Labute approximate surface area is 120 Å². The van der Waals surface area contributed by atoms with Crippen molar-refractivity contribution in [1.29, 1.82) is 0 Å². The van der Waals surface area contributed by atoms with E-state index in [-0.39, 0.29) is 17.5 Å². The summed E-state index contributed by atoms with van der Waals surface area (Å²) in [5, 5.41) is 3.20. The number of nitrogens with one attached hydrogen (secondary N) is 1. The van der Waals surface area contributed by atoms with Crippen molar-refractivity contribution in [1.82, 2.24) is 5.32 Å². The molecule has 1 aliphatic rings. The van der Waals surface area contributed by atoms with Gasteiger partial charge in [0, 0.05) is 24.1 Å². The second-order valence-corrected chi connectivity index (χ2v) is 5.62. The summed E-state index contributed by atoms with van der Waals surface area (Å²) in [7, 11) is 0. The van der Waals surface area contributed by atoms with Gasteiger partial charge in [-0.3, -0.25) is 0 Å². The van der Waals surface area contributed by atoms with Crippen LogP contribution < -0.4 is 5.32 Å². The Morgan fingerprint density at radius 2 is 2.26 bits per heavy atom. The van der Waals surface area contributed by atoms with Crippen LogP contribution in [-0.4, -0.2) is 19.8 Å². The predicted octanol–water partition coefficient (Wildman–Crippen LogP) is 3.80. The van der Waals surface area contributed by atoms with Crippen molar-refractivity contribution in [3.05, 3.63) is 33.8 Å². The van der Waals surface area contributed by atoms with Crippen LogP contribution in [0.1, 0.15) is 31.4 Å². The maximum absolute atomic E-state index is 14.2. The summed E-state index contributed by atoms with van der Waals surface area (Å²) in [6.07, 6.45) is 1.85. The Hall–Kier alpha value is -0.520. The van der Waals surface area contributed by atoms with E-state index in [9.17, 15) is 8.78 Å². The molecule has 1 aromatic carbocycles. The van der Waals surface area contributed by atoms with Crippen molar-refractivity contribution in [2.24, 2.45) is 5.92 Å². The van der Waals surface area contributed by atoms with Gasteiger partial charge in [0.05, 0.1) is 11.1 Å². The van der Waals surface area contributed by atoms with Crippen molar-refractivity contribution in [2.75, 3.05) is 19.8 Å². The molecule has 2 atom stereocenters. The van der Waals surface area contributed by atoms with Crippen LogP contribution in [0.15, 0.2) is 16.6 Å². The van der Waals surface area contributed by atoms with Crippen LogP contribution in [0.25, 0.3) is 0 Å². The first kappa shape index (κ1) is 14.9. The van der Waals surface area contributed by atoms with E-state index < -0.39 is 11.6 Å². The van der Waals surface area contributed by atoms with Gasteiger partial charge < -0.3 is 10.1 Å². The maximum Gasteiger partial charge on any atom is 0.145 e. The molecule has 106 valence electrons. The van der Waals surface area contributed by atoms with Gasteiger partial charge >= 0.3 is 0 Å². The van der Waals surface area contributed by atoms with E-state index in [1.807, 2.05) is 6.92 Å². The highest BCUT2D eigenvalue weighted by Crippen LogP contribution is 2.34. The zero-order valence-electron chi connectivity index (χ0n) is 10.9. The van der Waals surface area contributed by atoms with E-state index in [0.29, 0.717) is 17.6 Å². The molecule has 0 spiro atoms. The summed E-state index contributed by atoms with van der Waals surface area (Å²) in [6, 6.07) is 2.35. The fourth-order valence-electron chi connectivity index (χ4n) is 2.58. The summed E-state index contributed by atoms with van der Waals surface area (Å²) < 4.78 is 34.0. The summed E-state index contributed by atoms with van der Waals surface area (Å²) in [5.74, 6) is -0.916. The summed E-state index contributed by atoms with van der Waals surface area (Å²) in [6.45, 7) is 3.87. The molecule has 0 amide bonds. The molecule has 1 saturated heterocycles. The first-order chi connectivity index (χ1) is 9.15. The second kappa shape index (κ2) is 6.77. The predicted molar refractivity (Wildman–Crippen MR) is 74.0 cm³/mol. The van der Waals surface area contributed by atoms with Gasteiger partial charge in [0.2, 0.25) is 0 Å². The van der Waals surface area contributed by atoms with E-state index in [4.69, 9.17) is 4.74 Å². The van der Waals surface area contributed by atoms with Crippen LogP contribution >= 0.6 is 15.9 Å². The molecule has 1 heterocycles. The quantitative estimate of drug-likeness (QED) is 0.846. The largest absolute Gasteiger partial charge is 0.381 e. The number of hydrogen-bond acceptors (Lipinski definition) is 2. The average Bonchev–Trinajstić information content (AvgIpc) is 2.43. The Bertz CT molecular complexity index is 436. The zero-order chi connectivity index (χ0) is 13.8. The van der Waals surface area contributed by atoms with Crippen molar-refractivity contribution in [3.63, 3.8) is 0 Å². The van der Waals surface area contributed by atoms with Crippen LogP contribution in [0, 0.1) is 17.6 Å². The Morgan fingerprint density at radius 3 is 2.89 bits per heavy atom. The number of hydrogen-bond donors (Lipinski definition) is 1. The zero-order valence-corrected chi connectivity index (χ0v) is 12.5. The fraction of sp³-hybridized carbons (Fsp3) is 0.571. The summed E-state index contributed by atoms with van der Waals surface area (Å²) in [4.78, 5) is 0. The molecule has 2 unspecified atom stereocenters. The minimum Gasteiger partial charge on any atom is -0.381 e. The highest BCUT2D eigenvalue weighted by atomic mass is 79.9. The first-order valence-electron chi connectivity index (χ1n) is 6.59. The van der Waals surface area contributed by atoms with Crippen molar-refractivity contribution < 1.29 is 13.5 Å². The van der Waals surface area contributed by atoms with Gasteiger partial charge in [-0.1, -0.05) is 6.92 Å². The minimum absolute atomic E-state index is 0.104. The van der Waals surface area contributed by atoms with Crippen molar-refractivity contribution in [2.45, 2.75) is 25.8 Å². The van der Waals surface area contributed by atoms with Gasteiger partial charge in [-0.2, -0.15) is 0 Å². The van der Waals surface area contributed by atoms with Gasteiger partial charge in [-0.05, 0) is 47.4 Å². The third kappa shape index (κ3) is 3.33. The van der Waals surface area contributed by atoms with Gasteiger partial charge in [0.1, 0.15) is 11.6 Å². The van der Waals surface area contributed by atoms with Crippen LogP contribution in [0.5, 0.6) is 0 Å². The molecule has 0 radical (unpaired) electrons. The fourth-order valence-corrected chi connectivity index (χ4v) is 2.93. The van der Waals surface area contributed by atoms with Crippen molar-refractivity contribution in [3.8, 4) is 0 Å². The molecule has 0 bridgehead atoms. The number of halogens is 3. The van der Waals surface area contributed by atoms with Crippen LogP contribution in [0.2, 0.25) is 0 Å². The molecule has 0 aliphatic carbocycles. The molecular weight excluding hydrogens is 316 g/mol. The average molecular weight is 334 g/mol. The minimum atomic E-state index is -0.517. The van der Waals surface area contributed by atoms with Crippen LogP contribution in [-0.2, 0) is 4.74 Å². The number of benzene rings is 1. The highest BCUT2D eigenvalue weighted by Gasteiger charge is 2.30. The smallest absolute Gasteiger partial charge is 0.145 e. The van der Waals surface area contributed by atoms with E-state index >= 15 is 0 Å². The van der Waals surface area contributed by atoms with Crippen LogP contribution in [0.4, 0.5) is 8.78 Å². The summed E-state index contributed by atoms with van der Waals surface area (Å²) >= 11 is 3.12. The molecule has 1 N–H and O–H groups in total. The lowest BCUT2D eigenvalue weighted by Crippen LogP contribution is -2.34. The lowest BCUT2D eigenvalue weighted by Gasteiger charge is -2.31. The molecule has 1 fully saturated rings. The molecule has 2 nitrogen and oxygen atoms in total. The Balaban J connectivity index is 2.35. The van der Waals surface area contributed by atoms with E-state index in [1.54, 1.807) is 0 Å². The number of ether oxygens (including phenoxy) is 1. The standard InChI is InChI=1S/C14H18BrF2NO/c1-2-18-14(9-4-3-7-19-8-9)12-11(16)6-5-10(15)13(12)17/h5-6,9,14,18H,2-4,7-8H2,1H3. The van der Waals surface area contributed by atoms with Crippen molar-refractivity contribution >= 4 is 15.9 Å². The normalized spacial score (nSPS) is 21.4. The number of rotatable bonds is 4. The Kier molecular flexibility index (Phi) is 5.30. The summed E-state index contributed by atoms with van der Waals surface area (Å²) in [5.41, 5.74) is 0.117. The van der Waals surface area contributed by atoms with Gasteiger partial charge in [-0.15, -0.1) is 0 Å². The lowest BCUT2D eigenvalue weighted by atomic mass is 9.88. The molecule has 1 aromatic rings. The lowest BCUT2D eigenvalue weighted by molar-refractivity contribution is 0.0381. The molecule has 0 saturated carbocycles. The SMILES string of the molecule is CCNC(c1c(F)ccc(Br)c1F)C1CCCOC1. The monoisotopic (exact) mass is 333 g/mol. The van der Waals surface area contributed by atoms with E-state index in [2.05, 4.69) is 21.2 Å². The van der Waals surface area contributed by atoms with E-state index in [0.717, 1.165) is 19.4 Å². The van der Waals surface area contributed by atoms with Crippen LogP contribution in [0.3, 0.4) is 0 Å². The first-order valence-corrected chi connectivity index (χ1v) is 7.39. The molecule has 5 heteroatoms. The molecule has 19 heavy (non-hydrogen) atoms. The highest BCUT2D eigenvalue weighted by molar-refractivity contribution is 9.10. The maximum atomic E-state index is 14.2. The van der Waals surface area contributed by atoms with Gasteiger partial charge in [0.25, 0.3) is 0 Å². The molecular formula is C14H18BrF2NO. The third-order valence-corrected chi connectivity index (χ3v) is 4.09.